The molecule has 98 valence electrons. The standard InChI is InChI=1S/C16H16FNO/c17-16-9-11(10-18)1-8-15(16)12-2-4-13(5-3-12)19-14-6-7-14/h1-5,8-9,14H,6-7,10,18H2. The third-order valence-corrected chi connectivity index (χ3v) is 3.26. The highest BCUT2D eigenvalue weighted by molar-refractivity contribution is 5.65. The van der Waals surface area contributed by atoms with Gasteiger partial charge in [-0.3, -0.25) is 0 Å². The normalized spacial score (nSPS) is 14.4. The average Bonchev–Trinajstić information content (AvgIpc) is 3.24. The van der Waals surface area contributed by atoms with E-state index in [1.807, 2.05) is 30.3 Å². The predicted octanol–water partition coefficient (Wildman–Crippen LogP) is 3.49. The number of ether oxygens (including phenoxy) is 1. The summed E-state index contributed by atoms with van der Waals surface area (Å²) in [7, 11) is 0. The van der Waals surface area contributed by atoms with E-state index in [9.17, 15) is 4.39 Å². The van der Waals surface area contributed by atoms with E-state index in [1.54, 1.807) is 6.07 Å². The molecule has 0 bridgehead atoms. The lowest BCUT2D eigenvalue weighted by Gasteiger charge is -2.08. The van der Waals surface area contributed by atoms with Gasteiger partial charge in [-0.05, 0) is 42.2 Å². The van der Waals surface area contributed by atoms with Gasteiger partial charge in [0.2, 0.25) is 0 Å². The fourth-order valence-corrected chi connectivity index (χ4v) is 2.01. The van der Waals surface area contributed by atoms with E-state index >= 15 is 0 Å². The van der Waals surface area contributed by atoms with Crippen LogP contribution >= 0.6 is 0 Å². The van der Waals surface area contributed by atoms with E-state index in [-0.39, 0.29) is 5.82 Å². The summed E-state index contributed by atoms with van der Waals surface area (Å²) >= 11 is 0. The monoisotopic (exact) mass is 257 g/mol. The molecular weight excluding hydrogens is 241 g/mol. The van der Waals surface area contributed by atoms with Gasteiger partial charge in [0.1, 0.15) is 11.6 Å². The van der Waals surface area contributed by atoms with Crippen molar-refractivity contribution in [2.45, 2.75) is 25.5 Å². The van der Waals surface area contributed by atoms with Gasteiger partial charge in [-0.25, -0.2) is 4.39 Å². The molecule has 0 saturated heterocycles. The van der Waals surface area contributed by atoms with Gasteiger partial charge in [0, 0.05) is 12.1 Å². The van der Waals surface area contributed by atoms with E-state index in [0.717, 1.165) is 29.7 Å². The highest BCUT2D eigenvalue weighted by Gasteiger charge is 2.23. The van der Waals surface area contributed by atoms with E-state index < -0.39 is 0 Å². The van der Waals surface area contributed by atoms with Gasteiger partial charge in [-0.15, -0.1) is 0 Å². The summed E-state index contributed by atoms with van der Waals surface area (Å²) < 4.78 is 19.6. The third kappa shape index (κ3) is 2.76. The van der Waals surface area contributed by atoms with Crippen molar-refractivity contribution >= 4 is 0 Å². The minimum Gasteiger partial charge on any atom is -0.490 e. The maximum Gasteiger partial charge on any atom is 0.131 e. The number of benzene rings is 2. The molecule has 19 heavy (non-hydrogen) atoms. The van der Waals surface area contributed by atoms with Crippen LogP contribution in [0.1, 0.15) is 18.4 Å². The van der Waals surface area contributed by atoms with Crippen LogP contribution in [0.3, 0.4) is 0 Å². The van der Waals surface area contributed by atoms with Gasteiger partial charge in [0.25, 0.3) is 0 Å². The molecule has 2 N–H and O–H groups in total. The summed E-state index contributed by atoms with van der Waals surface area (Å²) in [4.78, 5) is 0. The molecule has 0 unspecified atom stereocenters. The lowest BCUT2D eigenvalue weighted by molar-refractivity contribution is 0.303. The summed E-state index contributed by atoms with van der Waals surface area (Å²) in [5.41, 5.74) is 7.74. The van der Waals surface area contributed by atoms with Crippen LogP contribution < -0.4 is 10.5 Å². The van der Waals surface area contributed by atoms with Crippen molar-refractivity contribution in [3.63, 3.8) is 0 Å². The molecule has 0 atom stereocenters. The van der Waals surface area contributed by atoms with E-state index in [1.165, 1.54) is 6.07 Å². The maximum atomic E-state index is 14.0. The zero-order chi connectivity index (χ0) is 13.2. The first-order valence-corrected chi connectivity index (χ1v) is 6.52. The zero-order valence-corrected chi connectivity index (χ0v) is 10.6. The van der Waals surface area contributed by atoms with E-state index in [2.05, 4.69) is 0 Å². The van der Waals surface area contributed by atoms with E-state index in [4.69, 9.17) is 10.5 Å². The molecule has 3 heteroatoms. The molecule has 3 rings (SSSR count). The number of halogens is 1. The Morgan fingerprint density at radius 2 is 1.84 bits per heavy atom. The smallest absolute Gasteiger partial charge is 0.131 e. The molecule has 0 heterocycles. The van der Waals surface area contributed by atoms with Gasteiger partial charge in [0.15, 0.2) is 0 Å². The molecule has 2 aromatic rings. The average molecular weight is 257 g/mol. The fourth-order valence-electron chi connectivity index (χ4n) is 2.01. The molecule has 0 radical (unpaired) electrons. The van der Waals surface area contributed by atoms with Crippen LogP contribution in [0.15, 0.2) is 42.5 Å². The third-order valence-electron chi connectivity index (χ3n) is 3.26. The molecule has 2 aromatic carbocycles. The van der Waals surface area contributed by atoms with Crippen molar-refractivity contribution in [2.75, 3.05) is 0 Å². The highest BCUT2D eigenvalue weighted by atomic mass is 19.1. The molecule has 0 amide bonds. The second-order valence-corrected chi connectivity index (χ2v) is 4.86. The summed E-state index contributed by atoms with van der Waals surface area (Å²) in [5, 5.41) is 0. The summed E-state index contributed by atoms with van der Waals surface area (Å²) in [6.07, 6.45) is 2.65. The molecule has 0 aromatic heterocycles. The van der Waals surface area contributed by atoms with Crippen LogP contribution in [-0.4, -0.2) is 6.10 Å². The van der Waals surface area contributed by atoms with Crippen molar-refractivity contribution in [1.82, 2.24) is 0 Å². The molecule has 0 spiro atoms. The van der Waals surface area contributed by atoms with Gasteiger partial charge in [-0.1, -0.05) is 24.3 Å². The summed E-state index contributed by atoms with van der Waals surface area (Å²) in [6.45, 7) is 0.353. The molecule has 1 fully saturated rings. The largest absolute Gasteiger partial charge is 0.490 e. The Morgan fingerprint density at radius 3 is 2.42 bits per heavy atom. The minimum absolute atomic E-state index is 0.237. The van der Waals surface area contributed by atoms with Gasteiger partial charge < -0.3 is 10.5 Å². The predicted molar refractivity (Wildman–Crippen MR) is 73.4 cm³/mol. The Bertz CT molecular complexity index is 576. The van der Waals surface area contributed by atoms with Crippen LogP contribution in [-0.2, 0) is 6.54 Å². The number of rotatable bonds is 4. The SMILES string of the molecule is NCc1ccc(-c2ccc(OC3CC3)cc2)c(F)c1. The Balaban J connectivity index is 1.84. The summed E-state index contributed by atoms with van der Waals surface area (Å²) in [5.74, 6) is 0.615. The molecule has 2 nitrogen and oxygen atoms in total. The van der Waals surface area contributed by atoms with Crippen molar-refractivity contribution in [3.8, 4) is 16.9 Å². The molecule has 1 aliphatic rings. The first-order valence-electron chi connectivity index (χ1n) is 6.52. The Kier molecular flexibility index (Phi) is 3.22. The Morgan fingerprint density at radius 1 is 1.11 bits per heavy atom. The molecular formula is C16H16FNO. The highest BCUT2D eigenvalue weighted by Crippen LogP contribution is 2.29. The molecule has 1 saturated carbocycles. The van der Waals surface area contributed by atoms with Crippen LogP contribution in [0.25, 0.3) is 11.1 Å². The number of hydrogen-bond acceptors (Lipinski definition) is 2. The van der Waals surface area contributed by atoms with Crippen molar-refractivity contribution in [2.24, 2.45) is 5.73 Å². The quantitative estimate of drug-likeness (QED) is 0.910. The molecule has 0 aliphatic heterocycles. The van der Waals surface area contributed by atoms with Crippen LogP contribution in [0.4, 0.5) is 4.39 Å². The van der Waals surface area contributed by atoms with Crippen LogP contribution in [0, 0.1) is 5.82 Å². The molecule has 1 aliphatic carbocycles. The first-order chi connectivity index (χ1) is 9.26. The Hall–Kier alpha value is -1.87. The van der Waals surface area contributed by atoms with Crippen LogP contribution in [0.5, 0.6) is 5.75 Å². The van der Waals surface area contributed by atoms with Crippen LogP contribution in [0.2, 0.25) is 0 Å². The van der Waals surface area contributed by atoms with Gasteiger partial charge in [-0.2, -0.15) is 0 Å². The topological polar surface area (TPSA) is 35.2 Å². The number of hydrogen-bond donors (Lipinski definition) is 1. The minimum atomic E-state index is -0.237. The lowest BCUT2D eigenvalue weighted by atomic mass is 10.0. The second-order valence-electron chi connectivity index (χ2n) is 4.86. The van der Waals surface area contributed by atoms with Gasteiger partial charge in [0.05, 0.1) is 6.10 Å². The maximum absolute atomic E-state index is 14.0. The summed E-state index contributed by atoms with van der Waals surface area (Å²) in [6, 6.07) is 12.7. The van der Waals surface area contributed by atoms with E-state index in [0.29, 0.717) is 18.2 Å². The fraction of sp³-hybridized carbons (Fsp3) is 0.250. The van der Waals surface area contributed by atoms with Gasteiger partial charge >= 0.3 is 0 Å². The lowest BCUT2D eigenvalue weighted by Crippen LogP contribution is -1.97. The van der Waals surface area contributed by atoms with Crippen molar-refractivity contribution in [3.05, 3.63) is 53.8 Å². The zero-order valence-electron chi connectivity index (χ0n) is 10.6. The second kappa shape index (κ2) is 5.02. The van der Waals surface area contributed by atoms with Crippen molar-refractivity contribution < 1.29 is 9.13 Å². The first kappa shape index (κ1) is 12.2. The van der Waals surface area contributed by atoms with Crippen molar-refractivity contribution in [1.29, 1.82) is 0 Å². The Labute approximate surface area is 112 Å². The number of nitrogens with two attached hydrogens (primary N) is 1.